The maximum atomic E-state index is 6.22. The van der Waals surface area contributed by atoms with E-state index in [4.69, 9.17) is 10.5 Å². The highest BCUT2D eigenvalue weighted by molar-refractivity contribution is 5.94. The van der Waals surface area contributed by atoms with Crippen LogP contribution in [0.5, 0.6) is 0 Å². The maximum absolute atomic E-state index is 6.22. The van der Waals surface area contributed by atoms with Crippen LogP contribution in [0.3, 0.4) is 0 Å². The SMILES string of the molecule is COCCCCc1cc(N)c2[nH]c(-c3ccccc3)cc2c1. The summed E-state index contributed by atoms with van der Waals surface area (Å²) in [5, 5.41) is 1.18. The summed E-state index contributed by atoms with van der Waals surface area (Å²) in [4.78, 5) is 3.44. The highest BCUT2D eigenvalue weighted by atomic mass is 16.5. The van der Waals surface area contributed by atoms with Gasteiger partial charge in [0, 0.05) is 24.8 Å². The molecule has 1 aromatic heterocycles. The lowest BCUT2D eigenvalue weighted by atomic mass is 10.0. The first kappa shape index (κ1) is 14.7. The van der Waals surface area contributed by atoms with Gasteiger partial charge in [0.1, 0.15) is 0 Å². The van der Waals surface area contributed by atoms with E-state index in [2.05, 4.69) is 35.3 Å². The third-order valence-electron chi connectivity index (χ3n) is 3.97. The van der Waals surface area contributed by atoms with E-state index >= 15 is 0 Å². The lowest BCUT2D eigenvalue weighted by Gasteiger charge is -2.04. The van der Waals surface area contributed by atoms with Gasteiger partial charge in [-0.15, -0.1) is 0 Å². The fourth-order valence-electron chi connectivity index (χ4n) is 2.83. The molecule has 0 amide bonds. The van der Waals surface area contributed by atoms with Crippen molar-refractivity contribution in [2.24, 2.45) is 0 Å². The predicted molar refractivity (Wildman–Crippen MR) is 93.0 cm³/mol. The standard InChI is InChI=1S/C19H22N2O/c1-22-10-6-5-7-14-11-16-13-18(15-8-3-2-4-9-15)21-19(16)17(20)12-14/h2-4,8-9,11-13,21H,5-7,10,20H2,1H3. The fraction of sp³-hybridized carbons (Fsp3) is 0.263. The number of rotatable bonds is 6. The summed E-state index contributed by atoms with van der Waals surface area (Å²) in [5.41, 5.74) is 11.7. The van der Waals surface area contributed by atoms with Crippen molar-refractivity contribution in [1.29, 1.82) is 0 Å². The Morgan fingerprint density at radius 3 is 2.64 bits per heavy atom. The predicted octanol–water partition coefficient (Wildman–Crippen LogP) is 4.39. The Bertz CT molecular complexity index is 747. The van der Waals surface area contributed by atoms with Crippen LogP contribution in [0.4, 0.5) is 5.69 Å². The van der Waals surface area contributed by atoms with Crippen molar-refractivity contribution in [1.82, 2.24) is 4.98 Å². The van der Waals surface area contributed by atoms with Crippen LogP contribution in [0, 0.1) is 0 Å². The van der Waals surface area contributed by atoms with Gasteiger partial charge in [0.2, 0.25) is 0 Å². The molecule has 0 aliphatic carbocycles. The number of benzene rings is 2. The van der Waals surface area contributed by atoms with Gasteiger partial charge in [-0.3, -0.25) is 0 Å². The molecule has 22 heavy (non-hydrogen) atoms. The first-order chi connectivity index (χ1) is 10.8. The smallest absolute Gasteiger partial charge is 0.0692 e. The first-order valence-corrected chi connectivity index (χ1v) is 7.73. The molecule has 0 aliphatic heterocycles. The minimum absolute atomic E-state index is 0.819. The van der Waals surface area contributed by atoms with Crippen molar-refractivity contribution < 1.29 is 4.74 Å². The second-order valence-corrected chi connectivity index (χ2v) is 5.65. The summed E-state index contributed by atoms with van der Waals surface area (Å²) < 4.78 is 5.10. The van der Waals surface area contributed by atoms with E-state index < -0.39 is 0 Å². The summed E-state index contributed by atoms with van der Waals surface area (Å²) in [6.07, 6.45) is 3.24. The summed E-state index contributed by atoms with van der Waals surface area (Å²) in [6, 6.07) is 16.8. The third-order valence-corrected chi connectivity index (χ3v) is 3.97. The number of nitrogens with one attached hydrogen (secondary N) is 1. The second kappa shape index (κ2) is 6.67. The third kappa shape index (κ3) is 3.15. The molecule has 3 nitrogen and oxygen atoms in total. The van der Waals surface area contributed by atoms with Crippen LogP contribution >= 0.6 is 0 Å². The van der Waals surface area contributed by atoms with Gasteiger partial charge in [-0.2, -0.15) is 0 Å². The van der Waals surface area contributed by atoms with Gasteiger partial charge >= 0.3 is 0 Å². The highest BCUT2D eigenvalue weighted by Gasteiger charge is 2.07. The van der Waals surface area contributed by atoms with Gasteiger partial charge in [-0.05, 0) is 48.6 Å². The van der Waals surface area contributed by atoms with Gasteiger partial charge in [-0.25, -0.2) is 0 Å². The van der Waals surface area contributed by atoms with Crippen LogP contribution in [0.15, 0.2) is 48.5 Å². The van der Waals surface area contributed by atoms with Crippen LogP contribution in [0.2, 0.25) is 0 Å². The van der Waals surface area contributed by atoms with Gasteiger partial charge < -0.3 is 15.5 Å². The van der Waals surface area contributed by atoms with Crippen molar-refractivity contribution in [3.8, 4) is 11.3 Å². The average Bonchev–Trinajstić information content (AvgIpc) is 2.97. The molecular weight excluding hydrogens is 272 g/mol. The van der Waals surface area contributed by atoms with Crippen molar-refractivity contribution in [3.05, 3.63) is 54.1 Å². The van der Waals surface area contributed by atoms with Gasteiger partial charge in [0.15, 0.2) is 0 Å². The topological polar surface area (TPSA) is 51.0 Å². The Kier molecular flexibility index (Phi) is 4.45. The van der Waals surface area contributed by atoms with Crippen molar-refractivity contribution in [2.45, 2.75) is 19.3 Å². The van der Waals surface area contributed by atoms with Gasteiger partial charge in [0.25, 0.3) is 0 Å². The number of anilines is 1. The maximum Gasteiger partial charge on any atom is 0.0692 e. The van der Waals surface area contributed by atoms with Crippen LogP contribution < -0.4 is 5.73 Å². The number of aromatic amines is 1. The Balaban J connectivity index is 1.87. The number of aryl methyl sites for hydroxylation is 1. The van der Waals surface area contributed by atoms with Crippen LogP contribution in [0.1, 0.15) is 18.4 Å². The zero-order chi connectivity index (χ0) is 15.4. The number of unbranched alkanes of at least 4 members (excludes halogenated alkanes) is 1. The highest BCUT2D eigenvalue weighted by Crippen LogP contribution is 2.29. The van der Waals surface area contributed by atoms with Crippen LogP contribution in [-0.2, 0) is 11.2 Å². The van der Waals surface area contributed by atoms with E-state index in [-0.39, 0.29) is 0 Å². The molecule has 0 fully saturated rings. The lowest BCUT2D eigenvalue weighted by Crippen LogP contribution is -1.94. The molecule has 3 rings (SSSR count). The lowest BCUT2D eigenvalue weighted by molar-refractivity contribution is 0.193. The number of fused-ring (bicyclic) bond motifs is 1. The van der Waals surface area contributed by atoms with Crippen LogP contribution in [0.25, 0.3) is 22.2 Å². The Morgan fingerprint density at radius 2 is 1.86 bits per heavy atom. The number of aromatic nitrogens is 1. The van der Waals surface area contributed by atoms with Crippen molar-refractivity contribution in [2.75, 3.05) is 19.5 Å². The van der Waals surface area contributed by atoms with Gasteiger partial charge in [0.05, 0.1) is 11.2 Å². The molecular formula is C19H22N2O. The normalized spacial score (nSPS) is 11.1. The first-order valence-electron chi connectivity index (χ1n) is 7.73. The minimum atomic E-state index is 0.819. The number of ether oxygens (including phenoxy) is 1. The molecule has 3 heteroatoms. The molecule has 2 aromatic carbocycles. The van der Waals surface area contributed by atoms with E-state index in [0.717, 1.165) is 42.8 Å². The summed E-state index contributed by atoms with van der Waals surface area (Å²) in [6.45, 7) is 0.819. The fourth-order valence-corrected chi connectivity index (χ4v) is 2.83. The van der Waals surface area contributed by atoms with Crippen molar-refractivity contribution >= 4 is 16.6 Å². The largest absolute Gasteiger partial charge is 0.397 e. The monoisotopic (exact) mass is 294 g/mol. The number of hydrogen-bond donors (Lipinski definition) is 2. The zero-order valence-corrected chi connectivity index (χ0v) is 12.9. The number of methoxy groups -OCH3 is 1. The molecule has 3 aromatic rings. The molecule has 0 aliphatic rings. The number of nitrogen functional groups attached to an aromatic ring is 1. The van der Waals surface area contributed by atoms with E-state index in [1.165, 1.54) is 16.5 Å². The Morgan fingerprint density at radius 1 is 1.05 bits per heavy atom. The second-order valence-electron chi connectivity index (χ2n) is 5.65. The quantitative estimate of drug-likeness (QED) is 0.523. The summed E-state index contributed by atoms with van der Waals surface area (Å²) >= 11 is 0. The molecule has 0 unspecified atom stereocenters. The Labute approximate surface area is 131 Å². The zero-order valence-electron chi connectivity index (χ0n) is 12.9. The van der Waals surface area contributed by atoms with E-state index in [1.807, 2.05) is 18.2 Å². The van der Waals surface area contributed by atoms with E-state index in [9.17, 15) is 0 Å². The number of H-pyrrole nitrogens is 1. The van der Waals surface area contributed by atoms with E-state index in [0.29, 0.717) is 0 Å². The van der Waals surface area contributed by atoms with Gasteiger partial charge in [-0.1, -0.05) is 30.3 Å². The molecule has 1 heterocycles. The Hall–Kier alpha value is -2.26. The molecule has 0 radical (unpaired) electrons. The summed E-state index contributed by atoms with van der Waals surface area (Å²) in [5.74, 6) is 0. The molecule has 0 atom stereocenters. The molecule has 0 spiro atoms. The van der Waals surface area contributed by atoms with Crippen LogP contribution in [-0.4, -0.2) is 18.7 Å². The molecule has 0 saturated heterocycles. The molecule has 0 saturated carbocycles. The average molecular weight is 294 g/mol. The number of hydrogen-bond acceptors (Lipinski definition) is 2. The molecule has 3 N–H and O–H groups in total. The van der Waals surface area contributed by atoms with E-state index in [1.54, 1.807) is 7.11 Å². The van der Waals surface area contributed by atoms with Crippen molar-refractivity contribution in [3.63, 3.8) is 0 Å². The summed E-state index contributed by atoms with van der Waals surface area (Å²) in [7, 11) is 1.74. The molecule has 114 valence electrons. The number of nitrogens with two attached hydrogens (primary N) is 1. The minimum Gasteiger partial charge on any atom is -0.397 e. The molecule has 0 bridgehead atoms.